The van der Waals surface area contributed by atoms with Crippen LogP contribution in [0.25, 0.3) is 0 Å². The molecule has 1 aromatic carbocycles. The first-order valence-electron chi connectivity index (χ1n) is 6.06. The number of hydrogen-bond acceptors (Lipinski definition) is 3. The summed E-state index contributed by atoms with van der Waals surface area (Å²) < 4.78 is 10.8. The molecule has 0 saturated carbocycles. The predicted octanol–water partition coefficient (Wildman–Crippen LogP) is 3.98. The second kappa shape index (κ2) is 8.31. The first-order valence-corrected chi connectivity index (χ1v) is 6.87. The van der Waals surface area contributed by atoms with Gasteiger partial charge in [-0.15, -0.1) is 0 Å². The summed E-state index contributed by atoms with van der Waals surface area (Å²) in [5.74, 6) is 1.16. The minimum atomic E-state index is 0.350. The molecule has 0 saturated heterocycles. The number of ether oxygens (including phenoxy) is 2. The van der Waals surface area contributed by atoms with Gasteiger partial charge in [0.05, 0.1) is 12.1 Å². The zero-order chi connectivity index (χ0) is 14.3. The Morgan fingerprint density at radius 1 is 1.37 bits per heavy atom. The molecule has 0 aliphatic rings. The van der Waals surface area contributed by atoms with E-state index in [2.05, 4.69) is 19.2 Å². The van der Waals surface area contributed by atoms with Gasteiger partial charge in [-0.25, -0.2) is 0 Å². The van der Waals surface area contributed by atoms with Crippen molar-refractivity contribution in [1.29, 1.82) is 0 Å². The molecule has 5 heteroatoms. The van der Waals surface area contributed by atoms with Crippen LogP contribution in [0.5, 0.6) is 11.5 Å². The van der Waals surface area contributed by atoms with Gasteiger partial charge in [0, 0.05) is 18.1 Å². The molecule has 1 rings (SSSR count). The van der Waals surface area contributed by atoms with Gasteiger partial charge in [0.2, 0.25) is 0 Å². The molecule has 3 nitrogen and oxygen atoms in total. The van der Waals surface area contributed by atoms with Gasteiger partial charge in [0.15, 0.2) is 11.5 Å². The van der Waals surface area contributed by atoms with Crippen LogP contribution in [0.1, 0.15) is 19.4 Å². The molecule has 0 radical (unpaired) electrons. The summed E-state index contributed by atoms with van der Waals surface area (Å²) in [6, 6.07) is 4.20. The Morgan fingerprint density at radius 3 is 2.68 bits per heavy atom. The molecule has 0 aliphatic carbocycles. The minimum Gasteiger partial charge on any atom is -0.493 e. The molecule has 0 atom stereocenters. The molecular formula is C14H19Cl2NO2. The Morgan fingerprint density at radius 2 is 2.11 bits per heavy atom. The second-order valence-corrected chi connectivity index (χ2v) is 4.98. The van der Waals surface area contributed by atoms with Gasteiger partial charge in [-0.05, 0) is 23.8 Å². The molecular weight excluding hydrogens is 285 g/mol. The quantitative estimate of drug-likeness (QED) is 0.826. The summed E-state index contributed by atoms with van der Waals surface area (Å²) in [7, 11) is 1.59. The highest BCUT2D eigenvalue weighted by Crippen LogP contribution is 2.36. The van der Waals surface area contributed by atoms with E-state index in [1.807, 2.05) is 12.1 Å². The van der Waals surface area contributed by atoms with Crippen molar-refractivity contribution in [2.45, 2.75) is 26.4 Å². The van der Waals surface area contributed by atoms with Gasteiger partial charge in [-0.2, -0.15) is 0 Å². The van der Waals surface area contributed by atoms with Crippen LogP contribution in [0.4, 0.5) is 0 Å². The normalized spacial score (nSPS) is 11.3. The number of benzene rings is 1. The van der Waals surface area contributed by atoms with Crippen molar-refractivity contribution >= 4 is 23.2 Å². The summed E-state index contributed by atoms with van der Waals surface area (Å²) in [5.41, 5.74) is 2.46. The summed E-state index contributed by atoms with van der Waals surface area (Å²) in [4.78, 5) is 0. The van der Waals surface area contributed by atoms with E-state index in [9.17, 15) is 0 Å². The fraction of sp³-hybridized carbons (Fsp3) is 0.429. The van der Waals surface area contributed by atoms with Crippen LogP contribution in [0.3, 0.4) is 0 Å². The molecule has 0 fully saturated rings. The van der Waals surface area contributed by atoms with E-state index in [0.29, 0.717) is 29.2 Å². The zero-order valence-electron chi connectivity index (χ0n) is 11.4. The topological polar surface area (TPSA) is 30.5 Å². The molecule has 0 aromatic heterocycles. The van der Waals surface area contributed by atoms with Crippen LogP contribution in [0.15, 0.2) is 23.7 Å². The lowest BCUT2D eigenvalue weighted by Gasteiger charge is -2.14. The summed E-state index contributed by atoms with van der Waals surface area (Å²) in [6.45, 7) is 5.27. The predicted molar refractivity (Wildman–Crippen MR) is 80.5 cm³/mol. The third kappa shape index (κ3) is 5.31. The van der Waals surface area contributed by atoms with Gasteiger partial charge < -0.3 is 14.8 Å². The first kappa shape index (κ1) is 16.2. The standard InChI is InChI=1S/C14H19Cl2NO2/c1-10(2)17-9-11-7-12(16)14(13(8-11)18-3)19-6-4-5-15/h4-5,7-8,10,17H,6,9H2,1-3H3/b5-4+. The van der Waals surface area contributed by atoms with Crippen LogP contribution in [0, 0.1) is 0 Å². The Kier molecular flexibility index (Phi) is 7.06. The van der Waals surface area contributed by atoms with Crippen LogP contribution >= 0.6 is 23.2 Å². The number of methoxy groups -OCH3 is 1. The highest BCUT2D eigenvalue weighted by molar-refractivity contribution is 6.32. The van der Waals surface area contributed by atoms with Crippen molar-refractivity contribution < 1.29 is 9.47 Å². The molecule has 19 heavy (non-hydrogen) atoms. The lowest BCUT2D eigenvalue weighted by molar-refractivity contribution is 0.326. The van der Waals surface area contributed by atoms with Crippen LogP contribution < -0.4 is 14.8 Å². The monoisotopic (exact) mass is 303 g/mol. The Hall–Kier alpha value is -0.900. The van der Waals surface area contributed by atoms with Crippen LogP contribution in [0.2, 0.25) is 5.02 Å². The molecule has 1 N–H and O–H groups in total. The minimum absolute atomic E-state index is 0.350. The fourth-order valence-electron chi connectivity index (χ4n) is 1.51. The van der Waals surface area contributed by atoms with E-state index < -0.39 is 0 Å². The van der Waals surface area contributed by atoms with Crippen LogP contribution in [-0.4, -0.2) is 19.8 Å². The van der Waals surface area contributed by atoms with Crippen molar-refractivity contribution in [1.82, 2.24) is 5.32 Å². The summed E-state index contributed by atoms with van der Waals surface area (Å²) >= 11 is 11.7. The first-order chi connectivity index (χ1) is 9.08. The highest BCUT2D eigenvalue weighted by Gasteiger charge is 2.11. The average Bonchev–Trinajstić information content (AvgIpc) is 2.38. The molecule has 0 aliphatic heterocycles. The van der Waals surface area contributed by atoms with E-state index in [0.717, 1.165) is 12.1 Å². The fourth-order valence-corrected chi connectivity index (χ4v) is 1.87. The highest BCUT2D eigenvalue weighted by atomic mass is 35.5. The number of halogens is 2. The smallest absolute Gasteiger partial charge is 0.180 e. The van der Waals surface area contributed by atoms with Crippen molar-refractivity contribution in [3.05, 3.63) is 34.3 Å². The number of rotatable bonds is 7. The van der Waals surface area contributed by atoms with Gasteiger partial charge in [-0.1, -0.05) is 37.0 Å². The summed E-state index contributed by atoms with van der Waals surface area (Å²) in [6.07, 6.45) is 1.69. The van der Waals surface area contributed by atoms with Gasteiger partial charge in [-0.3, -0.25) is 0 Å². The third-order valence-corrected chi connectivity index (χ3v) is 2.88. The maximum atomic E-state index is 6.22. The van der Waals surface area contributed by atoms with Gasteiger partial charge in [0.25, 0.3) is 0 Å². The second-order valence-electron chi connectivity index (χ2n) is 4.32. The van der Waals surface area contributed by atoms with Crippen LogP contribution in [-0.2, 0) is 6.54 Å². The number of hydrogen-bond donors (Lipinski definition) is 1. The average molecular weight is 304 g/mol. The molecule has 0 amide bonds. The van der Waals surface area contributed by atoms with Crippen molar-refractivity contribution in [2.24, 2.45) is 0 Å². The molecule has 0 heterocycles. The van der Waals surface area contributed by atoms with E-state index in [1.54, 1.807) is 13.2 Å². The Labute approximate surface area is 124 Å². The van der Waals surface area contributed by atoms with Crippen molar-refractivity contribution in [3.8, 4) is 11.5 Å². The third-order valence-electron chi connectivity index (χ3n) is 2.42. The Balaban J connectivity index is 2.87. The SMILES string of the molecule is COc1cc(CNC(C)C)cc(Cl)c1OC/C=C/Cl. The van der Waals surface area contributed by atoms with Gasteiger partial charge >= 0.3 is 0 Å². The summed E-state index contributed by atoms with van der Waals surface area (Å²) in [5, 5.41) is 3.86. The van der Waals surface area contributed by atoms with E-state index in [4.69, 9.17) is 32.7 Å². The molecule has 0 unspecified atom stereocenters. The van der Waals surface area contributed by atoms with Gasteiger partial charge in [0.1, 0.15) is 6.61 Å². The molecule has 106 valence electrons. The lowest BCUT2D eigenvalue weighted by atomic mass is 10.2. The largest absolute Gasteiger partial charge is 0.493 e. The molecule has 1 aromatic rings. The maximum absolute atomic E-state index is 6.22. The molecule has 0 spiro atoms. The Bertz CT molecular complexity index is 434. The maximum Gasteiger partial charge on any atom is 0.180 e. The van der Waals surface area contributed by atoms with Crippen molar-refractivity contribution in [2.75, 3.05) is 13.7 Å². The van der Waals surface area contributed by atoms with E-state index in [1.165, 1.54) is 5.54 Å². The number of nitrogens with one attached hydrogen (secondary N) is 1. The van der Waals surface area contributed by atoms with E-state index in [-0.39, 0.29) is 0 Å². The zero-order valence-corrected chi connectivity index (χ0v) is 12.9. The van der Waals surface area contributed by atoms with Crippen molar-refractivity contribution in [3.63, 3.8) is 0 Å². The lowest BCUT2D eigenvalue weighted by Crippen LogP contribution is -2.21. The van der Waals surface area contributed by atoms with E-state index >= 15 is 0 Å². The molecule has 0 bridgehead atoms.